The lowest BCUT2D eigenvalue weighted by atomic mass is 9.85. The maximum atomic E-state index is 10.9. The van der Waals surface area contributed by atoms with Gasteiger partial charge in [0.15, 0.2) is 0 Å². The number of carbonyl (C=O) groups is 1. The summed E-state index contributed by atoms with van der Waals surface area (Å²) in [7, 11) is 0. The number of carboxylic acids is 1. The van der Waals surface area contributed by atoms with E-state index in [0.717, 1.165) is 5.56 Å². The summed E-state index contributed by atoms with van der Waals surface area (Å²) in [6.45, 7) is 5.24. The van der Waals surface area contributed by atoms with Crippen LogP contribution in [0, 0.1) is 5.41 Å². The van der Waals surface area contributed by atoms with Crippen molar-refractivity contribution < 1.29 is 9.90 Å². The average Bonchev–Trinajstić information content (AvgIpc) is 2.56. The Morgan fingerprint density at radius 1 is 1.85 bits per heavy atom. The molecule has 0 aliphatic carbocycles. The van der Waals surface area contributed by atoms with Gasteiger partial charge in [-0.3, -0.25) is 4.79 Å². The van der Waals surface area contributed by atoms with Crippen LogP contribution in [0.5, 0.6) is 0 Å². The quantitative estimate of drug-likeness (QED) is 0.751. The number of aliphatic carboxylic acids is 1. The summed E-state index contributed by atoms with van der Waals surface area (Å²) in [5.74, 6) is -0.825. The molecule has 13 heavy (non-hydrogen) atoms. The van der Waals surface area contributed by atoms with Crippen molar-refractivity contribution in [1.82, 2.24) is 0 Å². The third-order valence-corrected chi connectivity index (χ3v) is 2.82. The van der Waals surface area contributed by atoms with Crippen LogP contribution in [0.4, 0.5) is 0 Å². The highest BCUT2D eigenvalue weighted by atomic mass is 32.1. The second kappa shape index (κ2) is 3.75. The van der Waals surface area contributed by atoms with Gasteiger partial charge >= 0.3 is 5.97 Å². The van der Waals surface area contributed by atoms with Gasteiger partial charge in [0.1, 0.15) is 0 Å². The Kier molecular flexibility index (Phi) is 2.88. The molecule has 0 aliphatic heterocycles. The molecule has 70 valence electrons. The van der Waals surface area contributed by atoms with E-state index in [1.54, 1.807) is 18.3 Å². The summed E-state index contributed by atoms with van der Waals surface area (Å²) in [6.07, 6.45) is 2.00. The van der Waals surface area contributed by atoms with Crippen LogP contribution in [-0.4, -0.2) is 11.1 Å². The van der Waals surface area contributed by atoms with Crippen LogP contribution in [0.2, 0.25) is 0 Å². The summed E-state index contributed by atoms with van der Waals surface area (Å²) in [6, 6.07) is 1.94. The van der Waals surface area contributed by atoms with Gasteiger partial charge in [-0.2, -0.15) is 11.3 Å². The van der Waals surface area contributed by atoms with E-state index in [4.69, 9.17) is 5.11 Å². The monoisotopic (exact) mass is 196 g/mol. The predicted octanol–water partition coefficient (Wildman–Crippen LogP) is 2.57. The lowest BCUT2D eigenvalue weighted by molar-refractivity contribution is -0.145. The molecule has 1 aromatic heterocycles. The van der Waals surface area contributed by atoms with Gasteiger partial charge < -0.3 is 5.11 Å². The van der Waals surface area contributed by atoms with Gasteiger partial charge in [0.2, 0.25) is 0 Å². The zero-order valence-electron chi connectivity index (χ0n) is 7.49. The fourth-order valence-corrected chi connectivity index (χ4v) is 1.72. The molecule has 0 aliphatic rings. The molecule has 3 heteroatoms. The van der Waals surface area contributed by atoms with Crippen molar-refractivity contribution in [3.63, 3.8) is 0 Å². The molecule has 0 aromatic carbocycles. The molecule has 1 heterocycles. The molecule has 0 amide bonds. The van der Waals surface area contributed by atoms with Crippen LogP contribution in [0.25, 0.3) is 0 Å². The number of rotatable bonds is 4. The Morgan fingerprint density at radius 3 is 2.92 bits per heavy atom. The Morgan fingerprint density at radius 2 is 2.54 bits per heavy atom. The molecule has 1 aromatic rings. The lowest BCUT2D eigenvalue weighted by Crippen LogP contribution is -2.27. The number of thiophene rings is 1. The minimum atomic E-state index is -0.846. The SMILES string of the molecule is C=CC(C)(Cc1ccsc1)C(=O)O. The zero-order valence-corrected chi connectivity index (χ0v) is 8.30. The molecule has 0 spiro atoms. The average molecular weight is 196 g/mol. The normalized spacial score (nSPS) is 14.8. The van der Waals surface area contributed by atoms with Gasteiger partial charge in [-0.1, -0.05) is 6.08 Å². The van der Waals surface area contributed by atoms with Crippen LogP contribution in [0.15, 0.2) is 29.5 Å². The second-order valence-corrected chi connectivity index (χ2v) is 4.02. The maximum absolute atomic E-state index is 10.9. The van der Waals surface area contributed by atoms with Gasteiger partial charge in [0.05, 0.1) is 5.41 Å². The first kappa shape index (κ1) is 9.99. The van der Waals surface area contributed by atoms with Crippen molar-refractivity contribution >= 4 is 17.3 Å². The van der Waals surface area contributed by atoms with Gasteiger partial charge in [0.25, 0.3) is 0 Å². The van der Waals surface area contributed by atoms with Gasteiger partial charge in [-0.05, 0) is 35.7 Å². The van der Waals surface area contributed by atoms with Crippen LogP contribution in [0.1, 0.15) is 12.5 Å². The summed E-state index contributed by atoms with van der Waals surface area (Å²) < 4.78 is 0. The number of carboxylic acid groups (broad SMARTS) is 1. The first-order chi connectivity index (χ1) is 6.08. The molecule has 1 atom stereocenters. The van der Waals surface area contributed by atoms with Gasteiger partial charge in [-0.15, -0.1) is 6.58 Å². The predicted molar refractivity (Wildman–Crippen MR) is 54.0 cm³/mol. The van der Waals surface area contributed by atoms with E-state index in [1.165, 1.54) is 6.08 Å². The Balaban J connectivity index is 2.81. The van der Waals surface area contributed by atoms with Crippen molar-refractivity contribution in [2.45, 2.75) is 13.3 Å². The van der Waals surface area contributed by atoms with Crippen LogP contribution >= 0.6 is 11.3 Å². The van der Waals surface area contributed by atoms with E-state index in [2.05, 4.69) is 6.58 Å². The minimum Gasteiger partial charge on any atom is -0.481 e. The van der Waals surface area contributed by atoms with Crippen molar-refractivity contribution in [2.75, 3.05) is 0 Å². The van der Waals surface area contributed by atoms with Crippen molar-refractivity contribution in [3.8, 4) is 0 Å². The molecule has 1 unspecified atom stereocenters. The molecule has 1 rings (SSSR count). The molecule has 2 nitrogen and oxygen atoms in total. The summed E-state index contributed by atoms with van der Waals surface area (Å²) in [5.41, 5.74) is 0.205. The Labute approximate surface area is 81.5 Å². The summed E-state index contributed by atoms with van der Waals surface area (Å²) in [5, 5.41) is 12.9. The molecule has 0 fully saturated rings. The minimum absolute atomic E-state index is 0.509. The second-order valence-electron chi connectivity index (χ2n) is 3.24. The van der Waals surface area contributed by atoms with E-state index in [9.17, 15) is 4.79 Å². The third-order valence-electron chi connectivity index (χ3n) is 2.09. The number of hydrogen-bond acceptors (Lipinski definition) is 2. The Bertz CT molecular complexity index is 303. The third kappa shape index (κ3) is 2.18. The molecule has 1 N–H and O–H groups in total. The highest BCUT2D eigenvalue weighted by molar-refractivity contribution is 7.07. The topological polar surface area (TPSA) is 37.3 Å². The van der Waals surface area contributed by atoms with Crippen molar-refractivity contribution in [1.29, 1.82) is 0 Å². The lowest BCUT2D eigenvalue weighted by Gasteiger charge is -2.19. The smallest absolute Gasteiger partial charge is 0.313 e. The van der Waals surface area contributed by atoms with E-state index < -0.39 is 11.4 Å². The fourth-order valence-electron chi connectivity index (χ4n) is 1.05. The molecular weight excluding hydrogens is 184 g/mol. The largest absolute Gasteiger partial charge is 0.481 e. The van der Waals surface area contributed by atoms with Crippen LogP contribution < -0.4 is 0 Å². The zero-order chi connectivity index (χ0) is 9.90. The fraction of sp³-hybridized carbons (Fsp3) is 0.300. The molecular formula is C10H12O2S. The summed E-state index contributed by atoms with van der Waals surface area (Å²) >= 11 is 1.58. The Hall–Kier alpha value is -1.09. The van der Waals surface area contributed by atoms with Crippen molar-refractivity contribution in [2.24, 2.45) is 5.41 Å². The first-order valence-corrected chi connectivity index (χ1v) is 4.91. The van der Waals surface area contributed by atoms with E-state index in [-0.39, 0.29) is 0 Å². The van der Waals surface area contributed by atoms with E-state index in [0.29, 0.717) is 6.42 Å². The standard InChI is InChI=1S/C10H12O2S/c1-3-10(2,9(11)12)6-8-4-5-13-7-8/h3-5,7H,1,6H2,2H3,(H,11,12). The highest BCUT2D eigenvalue weighted by Gasteiger charge is 2.29. The van der Waals surface area contributed by atoms with Crippen LogP contribution in [-0.2, 0) is 11.2 Å². The molecule has 0 saturated heterocycles. The molecule has 0 radical (unpaired) electrons. The van der Waals surface area contributed by atoms with E-state index >= 15 is 0 Å². The molecule has 0 bridgehead atoms. The maximum Gasteiger partial charge on any atom is 0.313 e. The summed E-state index contributed by atoms with van der Waals surface area (Å²) in [4.78, 5) is 10.9. The number of hydrogen-bond donors (Lipinski definition) is 1. The van der Waals surface area contributed by atoms with Gasteiger partial charge in [-0.25, -0.2) is 0 Å². The van der Waals surface area contributed by atoms with Crippen molar-refractivity contribution in [3.05, 3.63) is 35.0 Å². The van der Waals surface area contributed by atoms with E-state index in [1.807, 2.05) is 16.8 Å². The van der Waals surface area contributed by atoms with Gasteiger partial charge in [0, 0.05) is 0 Å². The highest BCUT2D eigenvalue weighted by Crippen LogP contribution is 2.25. The molecule has 0 saturated carbocycles. The first-order valence-electron chi connectivity index (χ1n) is 3.96. The van der Waals surface area contributed by atoms with Crippen LogP contribution in [0.3, 0.4) is 0 Å².